The number of rotatable bonds is 9. The molecule has 276 valence electrons. The van der Waals surface area contributed by atoms with E-state index in [1.165, 1.54) is 88.7 Å². The highest BCUT2D eigenvalue weighted by molar-refractivity contribution is 5.88. The summed E-state index contributed by atoms with van der Waals surface area (Å²) in [6.45, 7) is 43.3. The highest BCUT2D eigenvalue weighted by atomic mass is 14.7. The van der Waals surface area contributed by atoms with Gasteiger partial charge in [-0.3, -0.25) is 0 Å². The molecule has 7 rings (SSSR count). The molecule has 0 aromatic heterocycles. The normalized spacial score (nSPS) is 26.4. The number of hydrogen-bond acceptors (Lipinski definition) is 0. The number of allylic oxidation sites excluding steroid dienone is 9. The predicted molar refractivity (Wildman–Crippen MR) is 235 cm³/mol. The highest BCUT2D eigenvalue weighted by Gasteiger charge is 2.66. The van der Waals surface area contributed by atoms with Crippen molar-refractivity contribution in [2.75, 3.05) is 0 Å². The smallest absolute Gasteiger partial charge is 0.0197 e. The molecule has 0 nitrogen and oxygen atoms in total. The van der Waals surface area contributed by atoms with Crippen molar-refractivity contribution >= 4 is 16.3 Å². The Kier molecular flexibility index (Phi) is 9.45. The van der Waals surface area contributed by atoms with E-state index in [4.69, 9.17) is 19.7 Å². The van der Waals surface area contributed by atoms with E-state index >= 15 is 0 Å². The van der Waals surface area contributed by atoms with E-state index in [0.717, 1.165) is 37.7 Å². The molecule has 0 spiro atoms. The van der Waals surface area contributed by atoms with Gasteiger partial charge < -0.3 is 0 Å². The molecule has 3 aliphatic rings. The average molecular weight is 709 g/mol. The second-order valence-electron chi connectivity index (χ2n) is 17.8. The number of benzene rings is 4. The fraction of sp³-hybridized carbons (Fsp3) is 0.333. The van der Waals surface area contributed by atoms with Gasteiger partial charge in [-0.15, -0.1) is 0 Å². The van der Waals surface area contributed by atoms with Crippen LogP contribution in [-0.4, -0.2) is 0 Å². The van der Waals surface area contributed by atoms with Crippen LogP contribution in [0.25, 0.3) is 16.3 Å². The van der Waals surface area contributed by atoms with Gasteiger partial charge in [-0.2, -0.15) is 0 Å². The topological polar surface area (TPSA) is 0 Å². The molecule has 0 heterocycles. The lowest BCUT2D eigenvalue weighted by atomic mass is 9.36. The first-order valence-corrected chi connectivity index (χ1v) is 20.0. The van der Waals surface area contributed by atoms with Gasteiger partial charge in [0.2, 0.25) is 0 Å². The predicted octanol–water partition coefficient (Wildman–Crippen LogP) is 14.6. The zero-order valence-corrected chi connectivity index (χ0v) is 34.3. The van der Waals surface area contributed by atoms with Gasteiger partial charge in [-0.1, -0.05) is 173 Å². The second-order valence-corrected chi connectivity index (χ2v) is 17.8. The quantitative estimate of drug-likeness (QED) is 0.152. The Morgan fingerprint density at radius 2 is 1.39 bits per heavy atom. The largest absolute Gasteiger partial charge is 0.0995 e. The van der Waals surface area contributed by atoms with Gasteiger partial charge in [0.05, 0.1) is 0 Å². The van der Waals surface area contributed by atoms with Crippen LogP contribution in [0.15, 0.2) is 162 Å². The van der Waals surface area contributed by atoms with Crippen molar-refractivity contribution in [3.05, 3.63) is 196 Å². The molecule has 54 heavy (non-hydrogen) atoms. The molecule has 0 N–H and O–H groups in total. The van der Waals surface area contributed by atoms with Crippen LogP contribution in [0.5, 0.6) is 0 Å². The maximum absolute atomic E-state index is 5.06. The van der Waals surface area contributed by atoms with Crippen LogP contribution in [0.1, 0.15) is 101 Å². The van der Waals surface area contributed by atoms with Crippen molar-refractivity contribution in [3.8, 4) is 0 Å². The van der Waals surface area contributed by atoms with E-state index in [1.54, 1.807) is 0 Å². The van der Waals surface area contributed by atoms with Gasteiger partial charge in [0.25, 0.3) is 0 Å². The molecule has 0 saturated heterocycles. The average Bonchev–Trinajstić information content (AvgIpc) is 3.12. The van der Waals surface area contributed by atoms with E-state index in [9.17, 15) is 0 Å². The van der Waals surface area contributed by atoms with Crippen LogP contribution in [0.4, 0.5) is 0 Å². The summed E-state index contributed by atoms with van der Waals surface area (Å²) in [6, 6.07) is 31.0. The summed E-state index contributed by atoms with van der Waals surface area (Å²) >= 11 is 0. The minimum absolute atomic E-state index is 0.0878. The molecule has 0 unspecified atom stereocenters. The zero-order chi connectivity index (χ0) is 38.9. The third-order valence-electron chi connectivity index (χ3n) is 14.8. The van der Waals surface area contributed by atoms with Crippen LogP contribution < -0.4 is 0 Å². The lowest BCUT2D eigenvalue weighted by Crippen LogP contribution is -2.59. The summed E-state index contributed by atoms with van der Waals surface area (Å²) in [5.41, 5.74) is 19.2. The van der Waals surface area contributed by atoms with Crippen molar-refractivity contribution in [3.63, 3.8) is 0 Å². The van der Waals surface area contributed by atoms with Gasteiger partial charge in [-0.25, -0.2) is 0 Å². The van der Waals surface area contributed by atoms with Gasteiger partial charge in [0.15, 0.2) is 0 Å². The van der Waals surface area contributed by atoms with Gasteiger partial charge in [0, 0.05) is 10.8 Å². The third-order valence-corrected chi connectivity index (χ3v) is 14.8. The molecule has 5 atom stereocenters. The summed E-state index contributed by atoms with van der Waals surface area (Å²) in [4.78, 5) is 0. The molecule has 4 aromatic rings. The molecule has 0 bridgehead atoms. The van der Waals surface area contributed by atoms with Crippen LogP contribution in [0.3, 0.4) is 0 Å². The molecule has 0 saturated carbocycles. The van der Waals surface area contributed by atoms with Crippen molar-refractivity contribution in [1.82, 2.24) is 0 Å². The standard InChI is InChI=1S/C54H60/c1-33(2)49-36(5)32-52(11)48(31-34(3)28-42-20-15-14-16-21-42)53(12)39(8)46-27-26-44(29-35(4)30-45-24-19-23-43-22-17-18-25-47(43)45)37(6)50(46)38(7)51(53)41(10)54(52,13)40(49)9/h14-27,39,48H,1,3-4,7,9,28-32H2,2,5-6,8,10-13H3/t39-,48+,52+,53-,54-/m1/s1. The Hall–Kier alpha value is -4.68. The fourth-order valence-electron chi connectivity index (χ4n) is 11.9. The maximum atomic E-state index is 5.06. The van der Waals surface area contributed by atoms with E-state index < -0.39 is 0 Å². The van der Waals surface area contributed by atoms with E-state index in [-0.39, 0.29) is 22.2 Å². The highest BCUT2D eigenvalue weighted by Crippen LogP contribution is 2.75. The summed E-state index contributed by atoms with van der Waals surface area (Å²) in [6.07, 6.45) is 4.57. The summed E-state index contributed by atoms with van der Waals surface area (Å²) in [7, 11) is 0. The van der Waals surface area contributed by atoms with Crippen LogP contribution in [0, 0.1) is 29.1 Å². The minimum atomic E-state index is -0.272. The molecule has 0 amide bonds. The minimum Gasteiger partial charge on any atom is -0.0995 e. The van der Waals surface area contributed by atoms with Crippen LogP contribution >= 0.6 is 0 Å². The fourth-order valence-corrected chi connectivity index (χ4v) is 11.9. The van der Waals surface area contributed by atoms with E-state index in [2.05, 4.69) is 153 Å². The Morgan fingerprint density at radius 3 is 2.09 bits per heavy atom. The lowest BCUT2D eigenvalue weighted by Gasteiger charge is -2.67. The Morgan fingerprint density at radius 1 is 0.741 bits per heavy atom. The molecule has 4 aromatic carbocycles. The number of hydrogen-bond donors (Lipinski definition) is 0. The van der Waals surface area contributed by atoms with Crippen molar-refractivity contribution in [2.45, 2.75) is 93.4 Å². The van der Waals surface area contributed by atoms with Gasteiger partial charge >= 0.3 is 0 Å². The maximum Gasteiger partial charge on any atom is 0.0197 e. The molecule has 0 fully saturated rings. The second kappa shape index (κ2) is 13.6. The molecular formula is C54H60. The van der Waals surface area contributed by atoms with Crippen molar-refractivity contribution in [2.24, 2.45) is 22.2 Å². The summed E-state index contributed by atoms with van der Waals surface area (Å²) in [5, 5.41) is 2.60. The Bertz CT molecular complexity index is 2330. The van der Waals surface area contributed by atoms with E-state index in [1.807, 2.05) is 0 Å². The molecule has 3 aliphatic carbocycles. The van der Waals surface area contributed by atoms with Gasteiger partial charge in [-0.05, 0) is 143 Å². The first kappa shape index (κ1) is 37.6. The van der Waals surface area contributed by atoms with Crippen LogP contribution in [-0.2, 0) is 19.3 Å². The van der Waals surface area contributed by atoms with Crippen molar-refractivity contribution in [1.29, 1.82) is 0 Å². The molecular weight excluding hydrogens is 649 g/mol. The summed E-state index contributed by atoms with van der Waals surface area (Å²) in [5.74, 6) is 0.592. The summed E-state index contributed by atoms with van der Waals surface area (Å²) < 4.78 is 0. The SMILES string of the molecule is C=C(Cc1ccc2c(c1C)C(=C)C1=C(C)[C@@]3(C)C(=C)C(C(=C)C)=C(C)C[C@@]3(C)[C@H](CC(=C)Cc3ccccc3)[C@@]1(C)[C@@H]2C)Cc1cccc2ccccc12. The molecule has 0 radical (unpaired) electrons. The first-order chi connectivity index (χ1) is 25.5. The van der Waals surface area contributed by atoms with Gasteiger partial charge in [0.1, 0.15) is 0 Å². The van der Waals surface area contributed by atoms with Crippen molar-refractivity contribution < 1.29 is 0 Å². The lowest BCUT2D eigenvalue weighted by molar-refractivity contribution is -0.0370. The van der Waals surface area contributed by atoms with Crippen LogP contribution in [0.2, 0.25) is 0 Å². The number of fused-ring (bicyclic) bond motifs is 4. The molecule has 0 aliphatic heterocycles. The van der Waals surface area contributed by atoms with E-state index in [0.29, 0.717) is 5.92 Å². The zero-order valence-electron chi connectivity index (χ0n) is 34.3. The third kappa shape index (κ3) is 5.54. The first-order valence-electron chi connectivity index (χ1n) is 20.0. The Balaban J connectivity index is 1.34. The monoisotopic (exact) mass is 708 g/mol. The Labute approximate surface area is 326 Å². The molecule has 0 heteroatoms.